The lowest BCUT2D eigenvalue weighted by atomic mass is 9.77. The molecule has 4 rings (SSSR count). The van der Waals surface area contributed by atoms with E-state index in [1.807, 2.05) is 6.20 Å². The Hall–Kier alpha value is -2.04. The molecule has 0 spiro atoms. The van der Waals surface area contributed by atoms with E-state index in [-0.39, 0.29) is 5.56 Å². The van der Waals surface area contributed by atoms with Crippen molar-refractivity contribution in [3.63, 3.8) is 0 Å². The van der Waals surface area contributed by atoms with Crippen molar-refractivity contribution in [2.24, 2.45) is 5.92 Å². The second kappa shape index (κ2) is 6.83. The van der Waals surface area contributed by atoms with Crippen LogP contribution in [0.1, 0.15) is 62.6 Å². The van der Waals surface area contributed by atoms with Gasteiger partial charge in [0.15, 0.2) is 0 Å². The van der Waals surface area contributed by atoms with E-state index >= 15 is 0 Å². The minimum absolute atomic E-state index is 0.0951. The van der Waals surface area contributed by atoms with Crippen LogP contribution in [0.5, 0.6) is 5.75 Å². The highest BCUT2D eigenvalue weighted by molar-refractivity contribution is 5.16. The van der Waals surface area contributed by atoms with Gasteiger partial charge in [0.2, 0.25) is 5.56 Å². The number of hydrogen-bond donors (Lipinski definition) is 1. The summed E-state index contributed by atoms with van der Waals surface area (Å²) in [6.45, 7) is 0.701. The number of nitrogens with zero attached hydrogens (tertiary/aromatic N) is 2. The number of aromatic amines is 1. The molecule has 2 atom stereocenters. The Labute approximate surface area is 142 Å². The molecule has 2 unspecified atom stereocenters. The molecular formula is C19H25N3O2. The third kappa shape index (κ3) is 3.12. The molecule has 5 heteroatoms. The fourth-order valence-electron chi connectivity index (χ4n) is 4.04. The predicted octanol–water partition coefficient (Wildman–Crippen LogP) is 3.65. The summed E-state index contributed by atoms with van der Waals surface area (Å²) >= 11 is 0. The third-order valence-corrected chi connectivity index (χ3v) is 5.63. The zero-order chi connectivity index (χ0) is 16.4. The number of pyridine rings is 1. The first-order valence-corrected chi connectivity index (χ1v) is 9.16. The summed E-state index contributed by atoms with van der Waals surface area (Å²) in [5, 5.41) is 4.61. The molecule has 2 heterocycles. The molecule has 5 nitrogen and oxygen atoms in total. The van der Waals surface area contributed by atoms with E-state index in [4.69, 9.17) is 4.74 Å². The van der Waals surface area contributed by atoms with E-state index in [2.05, 4.69) is 20.8 Å². The SMILES string of the molecule is O=c1ccc(OCC2CCCCC2c2ccnn2C2CCC2)c[nH]1. The van der Waals surface area contributed by atoms with E-state index in [1.165, 1.54) is 56.7 Å². The lowest BCUT2D eigenvalue weighted by molar-refractivity contribution is 0.175. The minimum Gasteiger partial charge on any atom is -0.492 e. The van der Waals surface area contributed by atoms with Crippen molar-refractivity contribution < 1.29 is 4.74 Å². The van der Waals surface area contributed by atoms with Gasteiger partial charge in [-0.2, -0.15) is 5.10 Å². The van der Waals surface area contributed by atoms with Crippen LogP contribution in [0.25, 0.3) is 0 Å². The van der Waals surface area contributed by atoms with Gasteiger partial charge in [0.25, 0.3) is 0 Å². The van der Waals surface area contributed by atoms with E-state index < -0.39 is 0 Å². The van der Waals surface area contributed by atoms with Crippen molar-refractivity contribution in [1.29, 1.82) is 0 Å². The zero-order valence-corrected chi connectivity index (χ0v) is 14.0. The molecule has 0 aromatic carbocycles. The molecule has 0 aliphatic heterocycles. The first kappa shape index (κ1) is 15.5. The van der Waals surface area contributed by atoms with Crippen LogP contribution in [0, 0.1) is 5.92 Å². The number of nitrogens with one attached hydrogen (secondary N) is 1. The Morgan fingerprint density at radius 2 is 2.00 bits per heavy atom. The third-order valence-electron chi connectivity index (χ3n) is 5.63. The van der Waals surface area contributed by atoms with Crippen molar-refractivity contribution >= 4 is 0 Å². The average molecular weight is 327 g/mol. The highest BCUT2D eigenvalue weighted by atomic mass is 16.5. The van der Waals surface area contributed by atoms with Crippen LogP contribution in [-0.2, 0) is 0 Å². The number of hydrogen-bond acceptors (Lipinski definition) is 3. The van der Waals surface area contributed by atoms with Crippen molar-refractivity contribution in [3.05, 3.63) is 46.6 Å². The molecule has 2 saturated carbocycles. The van der Waals surface area contributed by atoms with Crippen molar-refractivity contribution in [2.75, 3.05) is 6.61 Å². The fraction of sp³-hybridized carbons (Fsp3) is 0.579. The van der Waals surface area contributed by atoms with Gasteiger partial charge in [-0.25, -0.2) is 0 Å². The van der Waals surface area contributed by atoms with Gasteiger partial charge >= 0.3 is 0 Å². The van der Waals surface area contributed by atoms with Gasteiger partial charge in [-0.1, -0.05) is 12.8 Å². The predicted molar refractivity (Wildman–Crippen MR) is 92.4 cm³/mol. The van der Waals surface area contributed by atoms with Crippen LogP contribution in [0.4, 0.5) is 0 Å². The fourth-order valence-corrected chi connectivity index (χ4v) is 4.04. The van der Waals surface area contributed by atoms with Gasteiger partial charge in [0.05, 0.1) is 12.6 Å². The summed E-state index contributed by atoms with van der Waals surface area (Å²) < 4.78 is 8.25. The Morgan fingerprint density at radius 1 is 1.12 bits per heavy atom. The summed E-state index contributed by atoms with van der Waals surface area (Å²) in [4.78, 5) is 13.8. The minimum atomic E-state index is -0.0951. The molecule has 2 aromatic heterocycles. The van der Waals surface area contributed by atoms with Crippen molar-refractivity contribution in [2.45, 2.75) is 56.9 Å². The summed E-state index contributed by atoms with van der Waals surface area (Å²) in [7, 11) is 0. The highest BCUT2D eigenvalue weighted by Crippen LogP contribution is 2.41. The van der Waals surface area contributed by atoms with Gasteiger partial charge in [0.1, 0.15) is 5.75 Å². The lowest BCUT2D eigenvalue weighted by Crippen LogP contribution is -2.28. The monoisotopic (exact) mass is 327 g/mol. The molecule has 0 radical (unpaired) electrons. The van der Waals surface area contributed by atoms with Gasteiger partial charge < -0.3 is 9.72 Å². The maximum Gasteiger partial charge on any atom is 0.248 e. The van der Waals surface area contributed by atoms with Gasteiger partial charge in [-0.15, -0.1) is 0 Å². The highest BCUT2D eigenvalue weighted by Gasteiger charge is 2.32. The molecule has 0 saturated heterocycles. The van der Waals surface area contributed by atoms with Crippen LogP contribution in [-0.4, -0.2) is 21.4 Å². The Balaban J connectivity index is 1.47. The average Bonchev–Trinajstić information content (AvgIpc) is 3.02. The van der Waals surface area contributed by atoms with E-state index in [9.17, 15) is 4.79 Å². The number of H-pyrrole nitrogens is 1. The standard InChI is InChI=1S/C19H25N3O2/c23-19-9-8-16(12-20-19)24-13-14-4-1-2-7-17(14)18-10-11-21-22(18)15-5-3-6-15/h8-12,14-15,17H,1-7,13H2,(H,20,23). The maximum absolute atomic E-state index is 11.1. The molecular weight excluding hydrogens is 302 g/mol. The molecule has 2 fully saturated rings. The Morgan fingerprint density at radius 3 is 2.75 bits per heavy atom. The lowest BCUT2D eigenvalue weighted by Gasteiger charge is -2.35. The summed E-state index contributed by atoms with van der Waals surface area (Å²) in [5.74, 6) is 1.79. The molecule has 24 heavy (non-hydrogen) atoms. The maximum atomic E-state index is 11.1. The summed E-state index contributed by atoms with van der Waals surface area (Å²) in [6.07, 6.45) is 12.4. The van der Waals surface area contributed by atoms with Gasteiger partial charge in [0, 0.05) is 36.0 Å². The largest absolute Gasteiger partial charge is 0.492 e. The zero-order valence-electron chi connectivity index (χ0n) is 14.0. The molecule has 128 valence electrons. The molecule has 0 bridgehead atoms. The molecule has 1 N–H and O–H groups in total. The Bertz CT molecular complexity index is 712. The van der Waals surface area contributed by atoms with Crippen LogP contribution >= 0.6 is 0 Å². The second-order valence-electron chi connectivity index (χ2n) is 7.14. The van der Waals surface area contributed by atoms with E-state index in [0.29, 0.717) is 24.5 Å². The first-order chi connectivity index (χ1) is 11.8. The van der Waals surface area contributed by atoms with E-state index in [0.717, 1.165) is 5.75 Å². The summed E-state index contributed by atoms with van der Waals surface area (Å²) in [5.41, 5.74) is 1.30. The molecule has 2 aliphatic rings. The van der Waals surface area contributed by atoms with Gasteiger partial charge in [-0.05, 0) is 44.2 Å². The quantitative estimate of drug-likeness (QED) is 0.912. The van der Waals surface area contributed by atoms with E-state index in [1.54, 1.807) is 12.3 Å². The molecule has 2 aliphatic carbocycles. The number of rotatable bonds is 5. The summed E-state index contributed by atoms with van der Waals surface area (Å²) in [6, 6.07) is 6.08. The van der Waals surface area contributed by atoms with Crippen LogP contribution in [0.15, 0.2) is 35.4 Å². The smallest absolute Gasteiger partial charge is 0.248 e. The molecule has 2 aromatic rings. The Kier molecular flexibility index (Phi) is 4.41. The van der Waals surface area contributed by atoms with Crippen molar-refractivity contribution in [3.8, 4) is 5.75 Å². The van der Waals surface area contributed by atoms with Crippen molar-refractivity contribution in [1.82, 2.24) is 14.8 Å². The number of aromatic nitrogens is 3. The van der Waals surface area contributed by atoms with Crippen LogP contribution < -0.4 is 10.3 Å². The van der Waals surface area contributed by atoms with Gasteiger partial charge in [-0.3, -0.25) is 9.48 Å². The topological polar surface area (TPSA) is 59.9 Å². The first-order valence-electron chi connectivity index (χ1n) is 9.16. The van der Waals surface area contributed by atoms with Crippen LogP contribution in [0.2, 0.25) is 0 Å². The normalized spacial score (nSPS) is 24.5. The second-order valence-corrected chi connectivity index (χ2v) is 7.14. The molecule has 0 amide bonds. The number of ether oxygens (including phenoxy) is 1. The van der Waals surface area contributed by atoms with Crippen LogP contribution in [0.3, 0.4) is 0 Å².